The van der Waals surface area contributed by atoms with E-state index in [0.29, 0.717) is 6.04 Å². The van der Waals surface area contributed by atoms with Crippen LogP contribution in [0.3, 0.4) is 0 Å². The molecule has 0 N–H and O–H groups in total. The molecule has 8 aromatic carbocycles. The SMILES string of the molecule is [2H]c1ccc2cc(-c3ccc(-c4c5ccccc5c(-c5cccc6c5c5ccccc5n6C)c5oc6ccccc6c45)cc3)ccc2c1. The molecular formula is C45H29NO. The lowest BCUT2D eigenvalue weighted by Gasteiger charge is -2.16. The highest BCUT2D eigenvalue weighted by Gasteiger charge is 2.24. The molecule has 10 aromatic rings. The Morgan fingerprint density at radius 1 is 0.489 bits per heavy atom. The summed E-state index contributed by atoms with van der Waals surface area (Å²) in [7, 11) is 2.15. The first-order chi connectivity index (χ1) is 23.6. The molecule has 47 heavy (non-hydrogen) atoms. The van der Waals surface area contributed by atoms with Crippen molar-refractivity contribution in [1.82, 2.24) is 4.57 Å². The molecule has 2 aromatic heterocycles. The molecule has 10 rings (SSSR count). The van der Waals surface area contributed by atoms with Crippen molar-refractivity contribution in [2.24, 2.45) is 7.05 Å². The van der Waals surface area contributed by atoms with Crippen molar-refractivity contribution in [3.8, 4) is 33.4 Å². The Morgan fingerprint density at radius 2 is 1.17 bits per heavy atom. The van der Waals surface area contributed by atoms with E-state index >= 15 is 0 Å². The quantitative estimate of drug-likeness (QED) is 0.197. The summed E-state index contributed by atoms with van der Waals surface area (Å²) in [5.41, 5.74) is 11.2. The van der Waals surface area contributed by atoms with E-state index in [4.69, 9.17) is 5.79 Å². The van der Waals surface area contributed by atoms with Gasteiger partial charge in [-0.3, -0.25) is 0 Å². The van der Waals surface area contributed by atoms with Gasteiger partial charge in [-0.15, -0.1) is 0 Å². The van der Waals surface area contributed by atoms with Crippen molar-refractivity contribution in [3.63, 3.8) is 0 Å². The van der Waals surface area contributed by atoms with Crippen LogP contribution in [-0.2, 0) is 7.05 Å². The molecule has 0 aliphatic rings. The van der Waals surface area contributed by atoms with E-state index in [1.807, 2.05) is 18.2 Å². The van der Waals surface area contributed by atoms with Gasteiger partial charge in [-0.2, -0.15) is 0 Å². The summed E-state index contributed by atoms with van der Waals surface area (Å²) >= 11 is 0. The molecule has 2 heterocycles. The van der Waals surface area contributed by atoms with Gasteiger partial charge in [-0.1, -0.05) is 133 Å². The average Bonchev–Trinajstić information content (AvgIpc) is 3.66. The van der Waals surface area contributed by atoms with E-state index in [9.17, 15) is 0 Å². The predicted molar refractivity (Wildman–Crippen MR) is 199 cm³/mol. The molecule has 0 amide bonds. The zero-order valence-electron chi connectivity index (χ0n) is 26.8. The van der Waals surface area contributed by atoms with Gasteiger partial charge in [0.05, 0.1) is 1.37 Å². The maximum atomic E-state index is 7.98. The van der Waals surface area contributed by atoms with Crippen LogP contribution in [0, 0.1) is 0 Å². The van der Waals surface area contributed by atoms with E-state index in [2.05, 4.69) is 145 Å². The molecule has 0 spiro atoms. The van der Waals surface area contributed by atoms with Gasteiger partial charge in [-0.05, 0) is 68.1 Å². The van der Waals surface area contributed by atoms with Crippen LogP contribution in [0.5, 0.6) is 0 Å². The van der Waals surface area contributed by atoms with Crippen LogP contribution in [0.15, 0.2) is 162 Å². The highest BCUT2D eigenvalue weighted by atomic mass is 16.3. The summed E-state index contributed by atoms with van der Waals surface area (Å²) in [6.45, 7) is 0. The zero-order chi connectivity index (χ0) is 31.9. The van der Waals surface area contributed by atoms with Crippen LogP contribution in [0.1, 0.15) is 1.37 Å². The smallest absolute Gasteiger partial charge is 0.144 e. The Labute approximate surface area is 273 Å². The lowest BCUT2D eigenvalue weighted by molar-refractivity contribution is 0.670. The minimum Gasteiger partial charge on any atom is -0.455 e. The molecular weight excluding hydrogens is 571 g/mol. The fourth-order valence-electron chi connectivity index (χ4n) is 7.77. The van der Waals surface area contributed by atoms with Gasteiger partial charge in [0.2, 0.25) is 0 Å². The van der Waals surface area contributed by atoms with Crippen molar-refractivity contribution < 1.29 is 5.79 Å². The summed E-state index contributed by atoms with van der Waals surface area (Å²) in [4.78, 5) is 0. The Bertz CT molecular complexity index is 2910. The Balaban J connectivity index is 1.26. The second kappa shape index (κ2) is 9.94. The number of hydrogen-bond donors (Lipinski definition) is 0. The summed E-state index contributed by atoms with van der Waals surface area (Å²) < 4.78 is 17.2. The fourth-order valence-corrected chi connectivity index (χ4v) is 7.77. The number of aromatic nitrogens is 1. The van der Waals surface area contributed by atoms with E-state index in [1.165, 1.54) is 43.7 Å². The summed E-state index contributed by atoms with van der Waals surface area (Å²) in [6.07, 6.45) is 0. The maximum absolute atomic E-state index is 7.98. The Hall–Kier alpha value is -6.12. The molecule has 0 unspecified atom stereocenters. The lowest BCUT2D eigenvalue weighted by Crippen LogP contribution is -1.90. The van der Waals surface area contributed by atoms with Gasteiger partial charge in [0, 0.05) is 50.8 Å². The van der Waals surface area contributed by atoms with Crippen LogP contribution < -0.4 is 0 Å². The third kappa shape index (κ3) is 3.79. The van der Waals surface area contributed by atoms with Crippen molar-refractivity contribution in [1.29, 1.82) is 0 Å². The van der Waals surface area contributed by atoms with E-state index in [-0.39, 0.29) is 0 Å². The second-order valence-corrected chi connectivity index (χ2v) is 12.4. The maximum Gasteiger partial charge on any atom is 0.144 e. The van der Waals surface area contributed by atoms with Gasteiger partial charge in [-0.25, -0.2) is 0 Å². The topological polar surface area (TPSA) is 18.1 Å². The number of benzene rings is 8. The summed E-state index contributed by atoms with van der Waals surface area (Å²) in [5, 5.41) is 9.35. The normalized spacial score (nSPS) is 12.2. The number of nitrogens with zero attached hydrogens (tertiary/aromatic N) is 1. The molecule has 0 fully saturated rings. The highest BCUT2D eigenvalue weighted by Crippen LogP contribution is 2.49. The molecule has 0 saturated heterocycles. The van der Waals surface area contributed by atoms with Gasteiger partial charge < -0.3 is 8.98 Å². The van der Waals surface area contributed by atoms with Crippen LogP contribution in [-0.4, -0.2) is 4.57 Å². The van der Waals surface area contributed by atoms with E-state index in [1.54, 1.807) is 0 Å². The zero-order valence-corrected chi connectivity index (χ0v) is 25.8. The number of fused-ring (bicyclic) bond motifs is 8. The Morgan fingerprint density at radius 3 is 2.02 bits per heavy atom. The summed E-state index contributed by atoms with van der Waals surface area (Å²) in [6, 6.07) is 54.3. The van der Waals surface area contributed by atoms with Crippen molar-refractivity contribution in [2.75, 3.05) is 0 Å². The number of hydrogen-bond acceptors (Lipinski definition) is 1. The first kappa shape index (κ1) is 25.1. The van der Waals surface area contributed by atoms with Crippen LogP contribution in [0.25, 0.3) is 98.7 Å². The molecule has 2 nitrogen and oxygen atoms in total. The predicted octanol–water partition coefficient (Wildman–Crippen LogP) is 12.5. The van der Waals surface area contributed by atoms with Gasteiger partial charge in [0.1, 0.15) is 11.2 Å². The number of rotatable bonds is 3. The molecule has 0 aliphatic carbocycles. The Kier molecular flexibility index (Phi) is 5.31. The fraction of sp³-hybridized carbons (Fsp3) is 0.0222. The molecule has 220 valence electrons. The van der Waals surface area contributed by atoms with E-state index in [0.717, 1.165) is 55.0 Å². The first-order valence-electron chi connectivity index (χ1n) is 16.6. The van der Waals surface area contributed by atoms with Gasteiger partial charge >= 0.3 is 0 Å². The lowest BCUT2D eigenvalue weighted by atomic mass is 9.86. The van der Waals surface area contributed by atoms with E-state index < -0.39 is 0 Å². The molecule has 0 bridgehead atoms. The molecule has 0 aliphatic heterocycles. The van der Waals surface area contributed by atoms with Crippen LogP contribution in [0.4, 0.5) is 0 Å². The van der Waals surface area contributed by atoms with Gasteiger partial charge in [0.15, 0.2) is 0 Å². The van der Waals surface area contributed by atoms with Crippen LogP contribution >= 0.6 is 0 Å². The standard InChI is InChI=1S/C45H29NO/c1-46-38-18-8-6-15-35(38)42-37(17-10-19-39(42)46)43-34-14-5-4-13-33(34)41(44-36-16-7-9-20-40(36)47-45(43)44)30-24-21-29(22-25-30)32-26-23-28-11-2-3-12-31(28)27-32/h2-27H,1H3/i2D. The molecule has 2 heteroatoms. The van der Waals surface area contributed by atoms with Gasteiger partial charge in [0.25, 0.3) is 0 Å². The monoisotopic (exact) mass is 600 g/mol. The van der Waals surface area contributed by atoms with Crippen molar-refractivity contribution in [3.05, 3.63) is 158 Å². The second-order valence-electron chi connectivity index (χ2n) is 12.4. The first-order valence-corrected chi connectivity index (χ1v) is 16.1. The minimum atomic E-state index is 0.532. The molecule has 0 atom stereocenters. The average molecular weight is 601 g/mol. The summed E-state index contributed by atoms with van der Waals surface area (Å²) in [5.74, 6) is 0. The number of para-hydroxylation sites is 2. The van der Waals surface area contributed by atoms with Crippen molar-refractivity contribution in [2.45, 2.75) is 0 Å². The number of furan rings is 1. The van der Waals surface area contributed by atoms with Crippen LogP contribution in [0.2, 0.25) is 0 Å². The third-order valence-electron chi connectivity index (χ3n) is 9.94. The highest BCUT2D eigenvalue weighted by molar-refractivity contribution is 6.29. The third-order valence-corrected chi connectivity index (χ3v) is 9.94. The number of aryl methyl sites for hydroxylation is 1. The minimum absolute atomic E-state index is 0.532. The van der Waals surface area contributed by atoms with Crippen molar-refractivity contribution >= 4 is 65.3 Å². The molecule has 0 radical (unpaired) electrons. The molecule has 0 saturated carbocycles. The largest absolute Gasteiger partial charge is 0.455 e.